The van der Waals surface area contributed by atoms with Crippen LogP contribution in [-0.4, -0.2) is 23.1 Å². The first kappa shape index (κ1) is 14.7. The van der Waals surface area contributed by atoms with Crippen LogP contribution in [0.25, 0.3) is 0 Å². The Morgan fingerprint density at radius 2 is 1.61 bits per heavy atom. The summed E-state index contributed by atoms with van der Waals surface area (Å²) in [5.41, 5.74) is 2.83. The first-order chi connectivity index (χ1) is 11.1. The highest BCUT2D eigenvalue weighted by Gasteiger charge is 2.53. The number of rotatable bonds is 4. The Balaban J connectivity index is 1.64. The van der Waals surface area contributed by atoms with Crippen molar-refractivity contribution in [1.82, 2.24) is 5.48 Å². The molecule has 5 heteroatoms. The molecule has 0 aromatic heterocycles. The van der Waals surface area contributed by atoms with E-state index in [-0.39, 0.29) is 5.54 Å². The zero-order valence-corrected chi connectivity index (χ0v) is 13.1. The number of carbonyl (C=O) groups is 2. The van der Waals surface area contributed by atoms with Gasteiger partial charge in [0, 0.05) is 16.8 Å². The van der Waals surface area contributed by atoms with Gasteiger partial charge in [0.15, 0.2) is 0 Å². The SMILES string of the molecule is O=CN(c1ccc(C(=O)NO)cc1)C12CC3CC(CC(C3)C1)C2. The highest BCUT2D eigenvalue weighted by molar-refractivity contribution is 5.94. The molecule has 0 unspecified atom stereocenters. The predicted molar refractivity (Wildman–Crippen MR) is 85.1 cm³/mol. The summed E-state index contributed by atoms with van der Waals surface area (Å²) < 4.78 is 0. The Kier molecular flexibility index (Phi) is 3.41. The summed E-state index contributed by atoms with van der Waals surface area (Å²) in [6.07, 6.45) is 8.29. The van der Waals surface area contributed by atoms with Gasteiger partial charge in [-0.3, -0.25) is 14.8 Å². The molecule has 5 nitrogen and oxygen atoms in total. The molecule has 23 heavy (non-hydrogen) atoms. The predicted octanol–water partition coefficient (Wildman–Crippen LogP) is 2.74. The average molecular weight is 314 g/mol. The van der Waals surface area contributed by atoms with Crippen LogP contribution in [0, 0.1) is 17.8 Å². The van der Waals surface area contributed by atoms with E-state index in [1.807, 2.05) is 4.90 Å². The van der Waals surface area contributed by atoms with Gasteiger partial charge in [-0.15, -0.1) is 0 Å². The van der Waals surface area contributed by atoms with Crippen LogP contribution >= 0.6 is 0 Å². The van der Waals surface area contributed by atoms with Crippen LogP contribution in [0.2, 0.25) is 0 Å². The summed E-state index contributed by atoms with van der Waals surface area (Å²) in [4.78, 5) is 25.3. The first-order valence-corrected chi connectivity index (χ1v) is 8.43. The molecule has 4 aliphatic carbocycles. The van der Waals surface area contributed by atoms with E-state index in [9.17, 15) is 9.59 Å². The second-order valence-corrected chi connectivity index (χ2v) is 7.61. The number of nitrogens with zero attached hydrogens (tertiary/aromatic N) is 1. The molecule has 5 rings (SSSR count). The molecule has 4 fully saturated rings. The molecule has 0 saturated heterocycles. The van der Waals surface area contributed by atoms with E-state index < -0.39 is 5.91 Å². The molecular weight excluding hydrogens is 292 g/mol. The Bertz CT molecular complexity index is 590. The Hall–Kier alpha value is -1.88. The number of hydroxylamine groups is 1. The lowest BCUT2D eigenvalue weighted by molar-refractivity contribution is -0.110. The highest BCUT2D eigenvalue weighted by atomic mass is 16.5. The molecular formula is C18H22N2O3. The monoisotopic (exact) mass is 314 g/mol. The van der Waals surface area contributed by atoms with Crippen LogP contribution in [0.3, 0.4) is 0 Å². The maximum absolute atomic E-state index is 11.9. The quantitative estimate of drug-likeness (QED) is 0.510. The van der Waals surface area contributed by atoms with Gasteiger partial charge < -0.3 is 4.90 Å². The number of benzene rings is 1. The second kappa shape index (κ2) is 5.34. The number of carbonyl (C=O) groups excluding carboxylic acids is 2. The van der Waals surface area contributed by atoms with Gasteiger partial charge in [0.1, 0.15) is 0 Å². The van der Waals surface area contributed by atoms with Gasteiger partial charge >= 0.3 is 0 Å². The maximum Gasteiger partial charge on any atom is 0.274 e. The smallest absolute Gasteiger partial charge is 0.274 e. The molecule has 2 amide bonds. The van der Waals surface area contributed by atoms with E-state index in [2.05, 4.69) is 0 Å². The Labute approximate surface area is 135 Å². The average Bonchev–Trinajstić information content (AvgIpc) is 2.54. The fraction of sp³-hybridized carbons (Fsp3) is 0.556. The lowest BCUT2D eigenvalue weighted by Crippen LogP contribution is -2.60. The fourth-order valence-electron chi connectivity index (χ4n) is 5.64. The van der Waals surface area contributed by atoms with Crippen molar-refractivity contribution in [2.24, 2.45) is 17.8 Å². The van der Waals surface area contributed by atoms with Gasteiger partial charge in [-0.1, -0.05) is 0 Å². The normalized spacial score (nSPS) is 34.2. The van der Waals surface area contributed by atoms with E-state index in [0.29, 0.717) is 5.56 Å². The van der Waals surface area contributed by atoms with Crippen molar-refractivity contribution in [3.8, 4) is 0 Å². The summed E-state index contributed by atoms with van der Waals surface area (Å²) in [7, 11) is 0. The number of anilines is 1. The summed E-state index contributed by atoms with van der Waals surface area (Å²) in [6.45, 7) is 0. The van der Waals surface area contributed by atoms with Crippen molar-refractivity contribution in [1.29, 1.82) is 0 Å². The molecule has 4 saturated carbocycles. The van der Waals surface area contributed by atoms with Gasteiger partial charge in [-0.05, 0) is 80.5 Å². The van der Waals surface area contributed by atoms with Gasteiger partial charge in [-0.25, -0.2) is 5.48 Å². The fourth-order valence-corrected chi connectivity index (χ4v) is 5.64. The third kappa shape index (κ3) is 2.34. The molecule has 2 N–H and O–H groups in total. The van der Waals surface area contributed by atoms with E-state index >= 15 is 0 Å². The van der Waals surface area contributed by atoms with Crippen LogP contribution in [0.15, 0.2) is 24.3 Å². The standard InChI is InChI=1S/C18H22N2O3/c21-11-20(16-3-1-15(2-4-16)17(22)19-23)18-8-12-5-13(9-18)7-14(6-12)10-18/h1-4,11-14,23H,5-10H2,(H,19,22). The van der Waals surface area contributed by atoms with Gasteiger partial charge in [0.2, 0.25) is 6.41 Å². The van der Waals surface area contributed by atoms with E-state index in [4.69, 9.17) is 5.21 Å². The van der Waals surface area contributed by atoms with Crippen LogP contribution in [0.4, 0.5) is 5.69 Å². The minimum absolute atomic E-state index is 0.0305. The lowest BCUT2D eigenvalue weighted by atomic mass is 9.52. The van der Waals surface area contributed by atoms with Crippen LogP contribution in [-0.2, 0) is 4.79 Å². The van der Waals surface area contributed by atoms with Crippen molar-refractivity contribution in [3.05, 3.63) is 29.8 Å². The molecule has 0 radical (unpaired) electrons. The highest BCUT2D eigenvalue weighted by Crippen LogP contribution is 2.58. The van der Waals surface area contributed by atoms with E-state index in [1.54, 1.807) is 29.7 Å². The van der Waals surface area contributed by atoms with Gasteiger partial charge in [0.05, 0.1) is 0 Å². The zero-order chi connectivity index (χ0) is 16.0. The minimum atomic E-state index is -0.538. The lowest BCUT2D eigenvalue weighted by Gasteiger charge is -2.59. The third-order valence-electron chi connectivity index (χ3n) is 6.13. The molecule has 4 bridgehead atoms. The van der Waals surface area contributed by atoms with Crippen molar-refractivity contribution in [2.75, 3.05) is 4.90 Å². The third-order valence-corrected chi connectivity index (χ3v) is 6.13. The molecule has 0 aliphatic heterocycles. The van der Waals surface area contributed by atoms with E-state index in [1.165, 1.54) is 19.3 Å². The molecule has 122 valence electrons. The molecule has 1 aromatic rings. The van der Waals surface area contributed by atoms with Gasteiger partial charge in [0.25, 0.3) is 5.91 Å². The van der Waals surface area contributed by atoms with Crippen LogP contribution in [0.1, 0.15) is 48.9 Å². The molecule has 1 aromatic carbocycles. The Morgan fingerprint density at radius 1 is 1.09 bits per heavy atom. The van der Waals surface area contributed by atoms with Crippen molar-refractivity contribution in [2.45, 2.75) is 44.1 Å². The topological polar surface area (TPSA) is 69.6 Å². The van der Waals surface area contributed by atoms with Crippen LogP contribution < -0.4 is 10.4 Å². The van der Waals surface area contributed by atoms with Crippen molar-refractivity contribution < 1.29 is 14.8 Å². The number of nitrogens with one attached hydrogen (secondary N) is 1. The summed E-state index contributed by atoms with van der Waals surface area (Å²) in [6, 6.07) is 6.91. The summed E-state index contributed by atoms with van der Waals surface area (Å²) >= 11 is 0. The molecule has 0 spiro atoms. The summed E-state index contributed by atoms with van der Waals surface area (Å²) in [5, 5.41) is 8.70. The van der Waals surface area contributed by atoms with Crippen molar-refractivity contribution >= 4 is 18.0 Å². The number of hydrogen-bond acceptors (Lipinski definition) is 3. The Morgan fingerprint density at radius 3 is 2.04 bits per heavy atom. The zero-order valence-electron chi connectivity index (χ0n) is 13.1. The largest absolute Gasteiger partial charge is 0.309 e. The van der Waals surface area contributed by atoms with Crippen LogP contribution in [0.5, 0.6) is 0 Å². The van der Waals surface area contributed by atoms with Gasteiger partial charge in [-0.2, -0.15) is 0 Å². The van der Waals surface area contributed by atoms with Crippen molar-refractivity contribution in [3.63, 3.8) is 0 Å². The molecule has 4 aliphatic rings. The maximum atomic E-state index is 11.9. The van der Waals surface area contributed by atoms with E-state index in [0.717, 1.165) is 49.1 Å². The molecule has 0 atom stereocenters. The first-order valence-electron chi connectivity index (χ1n) is 8.43. The number of hydrogen-bond donors (Lipinski definition) is 2. The molecule has 0 heterocycles. The number of amides is 2. The summed E-state index contributed by atoms with van der Waals surface area (Å²) in [5.74, 6) is 1.76. The minimum Gasteiger partial charge on any atom is -0.309 e. The second-order valence-electron chi connectivity index (χ2n) is 7.61.